The van der Waals surface area contributed by atoms with Gasteiger partial charge in [-0.15, -0.1) is 0 Å². The summed E-state index contributed by atoms with van der Waals surface area (Å²) >= 11 is 0. The molecule has 1 aliphatic rings. The van der Waals surface area contributed by atoms with Crippen LogP contribution in [-0.2, 0) is 0 Å². The maximum absolute atomic E-state index is 11.8. The van der Waals surface area contributed by atoms with E-state index in [9.17, 15) is 9.59 Å². The quantitative estimate of drug-likeness (QED) is 0.822. The molecule has 1 fully saturated rings. The van der Waals surface area contributed by atoms with Crippen molar-refractivity contribution in [1.82, 2.24) is 9.55 Å². The molecule has 6 nitrogen and oxygen atoms in total. The number of benzene rings is 1. The molecule has 104 valence electrons. The van der Waals surface area contributed by atoms with Crippen LogP contribution in [0.2, 0.25) is 0 Å². The Balaban J connectivity index is 1.92. The van der Waals surface area contributed by atoms with E-state index in [0.29, 0.717) is 11.6 Å². The van der Waals surface area contributed by atoms with Crippen LogP contribution in [0.4, 0.5) is 5.69 Å². The van der Waals surface area contributed by atoms with Gasteiger partial charge in [-0.1, -0.05) is 6.07 Å². The first kappa shape index (κ1) is 12.7. The highest BCUT2D eigenvalue weighted by Gasteiger charge is 2.26. The van der Waals surface area contributed by atoms with Crippen LogP contribution in [0.3, 0.4) is 0 Å². The Hall–Kier alpha value is -2.34. The maximum Gasteiger partial charge on any atom is 0.332 e. The molecule has 0 saturated carbocycles. The summed E-state index contributed by atoms with van der Waals surface area (Å²) in [4.78, 5) is 27.2. The number of aromatic amines is 1. The molecule has 0 unspecified atom stereocenters. The largest absolute Gasteiger partial charge is 0.396 e. The smallest absolute Gasteiger partial charge is 0.332 e. The van der Waals surface area contributed by atoms with E-state index in [2.05, 4.69) is 9.88 Å². The lowest BCUT2D eigenvalue weighted by molar-refractivity contribution is 0.201. The number of H-pyrrole nitrogens is 1. The number of anilines is 1. The topological polar surface area (TPSA) is 78.3 Å². The van der Waals surface area contributed by atoms with Crippen LogP contribution in [-0.4, -0.2) is 34.4 Å². The van der Waals surface area contributed by atoms with Crippen LogP contribution in [0, 0.1) is 5.92 Å². The third-order valence-electron chi connectivity index (χ3n) is 3.51. The average molecular weight is 273 g/mol. The molecule has 2 aromatic rings. The summed E-state index contributed by atoms with van der Waals surface area (Å²) < 4.78 is 1.40. The molecule has 0 bridgehead atoms. The summed E-state index contributed by atoms with van der Waals surface area (Å²) in [5, 5.41) is 9.04. The molecule has 3 rings (SSSR count). The van der Waals surface area contributed by atoms with E-state index in [1.807, 2.05) is 24.3 Å². The molecule has 0 amide bonds. The van der Waals surface area contributed by atoms with Gasteiger partial charge in [-0.2, -0.15) is 0 Å². The highest BCUT2D eigenvalue weighted by Crippen LogP contribution is 2.25. The van der Waals surface area contributed by atoms with Gasteiger partial charge < -0.3 is 10.0 Å². The van der Waals surface area contributed by atoms with E-state index in [1.54, 1.807) is 0 Å². The fourth-order valence-corrected chi connectivity index (χ4v) is 2.36. The molecule has 0 spiro atoms. The van der Waals surface area contributed by atoms with Crippen molar-refractivity contribution in [3.8, 4) is 5.69 Å². The average Bonchev–Trinajstić information content (AvgIpc) is 2.38. The second kappa shape index (κ2) is 4.97. The highest BCUT2D eigenvalue weighted by molar-refractivity contribution is 5.54. The van der Waals surface area contributed by atoms with E-state index in [0.717, 1.165) is 18.8 Å². The number of nitrogens with zero attached hydrogens (tertiary/aromatic N) is 2. The maximum atomic E-state index is 11.8. The van der Waals surface area contributed by atoms with Crippen LogP contribution in [0.25, 0.3) is 5.69 Å². The third kappa shape index (κ3) is 2.25. The van der Waals surface area contributed by atoms with Gasteiger partial charge in [0.05, 0.1) is 5.69 Å². The number of rotatable bonds is 3. The van der Waals surface area contributed by atoms with Crippen molar-refractivity contribution in [1.29, 1.82) is 0 Å². The van der Waals surface area contributed by atoms with Gasteiger partial charge in [-0.3, -0.25) is 14.3 Å². The van der Waals surface area contributed by atoms with Gasteiger partial charge in [0.15, 0.2) is 0 Å². The second-order valence-electron chi connectivity index (χ2n) is 4.95. The Morgan fingerprint density at radius 1 is 1.20 bits per heavy atom. The summed E-state index contributed by atoms with van der Waals surface area (Å²) in [5.41, 5.74) is 0.851. The van der Waals surface area contributed by atoms with Crippen molar-refractivity contribution in [3.05, 3.63) is 57.4 Å². The summed E-state index contributed by atoms with van der Waals surface area (Å²) in [7, 11) is 0. The first-order valence-electron chi connectivity index (χ1n) is 6.45. The zero-order valence-corrected chi connectivity index (χ0v) is 10.8. The Labute approximate surface area is 114 Å². The lowest BCUT2D eigenvalue weighted by atomic mass is 10.0. The van der Waals surface area contributed by atoms with Crippen LogP contribution in [0.1, 0.15) is 0 Å². The number of hydrogen-bond donors (Lipinski definition) is 2. The summed E-state index contributed by atoms with van der Waals surface area (Å²) in [6.07, 6.45) is 1.47. The van der Waals surface area contributed by atoms with E-state index in [1.165, 1.54) is 16.8 Å². The normalized spacial score (nSPS) is 15.2. The number of aliphatic hydroxyl groups excluding tert-OH is 1. The minimum Gasteiger partial charge on any atom is -0.396 e. The summed E-state index contributed by atoms with van der Waals surface area (Å²) in [5.74, 6) is 0.328. The fraction of sp³-hybridized carbons (Fsp3) is 0.286. The summed E-state index contributed by atoms with van der Waals surface area (Å²) in [6, 6.07) is 8.86. The predicted octanol–water partition coefficient (Wildman–Crippen LogP) is -0.0457. The standard InChI is InChI=1S/C14H15N3O3/c18-9-10-7-16(8-10)11-2-1-3-12(6-11)17-5-4-13(19)15-14(17)20/h1-6,10,18H,7-9H2,(H,15,19,20). The SMILES string of the molecule is O=c1ccn(-c2cccc(N3CC(CO)C3)c2)c(=O)[nH]1. The molecule has 0 aliphatic carbocycles. The first-order valence-corrected chi connectivity index (χ1v) is 6.45. The van der Waals surface area contributed by atoms with Crippen LogP contribution in [0.5, 0.6) is 0 Å². The molecule has 1 saturated heterocycles. The number of nitrogens with one attached hydrogen (secondary N) is 1. The first-order chi connectivity index (χ1) is 9.67. The third-order valence-corrected chi connectivity index (χ3v) is 3.51. The lowest BCUT2D eigenvalue weighted by Crippen LogP contribution is -2.48. The van der Waals surface area contributed by atoms with Gasteiger partial charge in [0.25, 0.3) is 5.56 Å². The van der Waals surface area contributed by atoms with Crippen molar-refractivity contribution in [2.45, 2.75) is 0 Å². The van der Waals surface area contributed by atoms with Gasteiger partial charge >= 0.3 is 5.69 Å². The zero-order chi connectivity index (χ0) is 14.1. The monoisotopic (exact) mass is 273 g/mol. The second-order valence-corrected chi connectivity index (χ2v) is 4.95. The van der Waals surface area contributed by atoms with Gasteiger partial charge in [0.1, 0.15) is 0 Å². The van der Waals surface area contributed by atoms with Crippen LogP contribution >= 0.6 is 0 Å². The minimum absolute atomic E-state index is 0.204. The summed E-state index contributed by atoms with van der Waals surface area (Å²) in [6.45, 7) is 1.84. The van der Waals surface area contributed by atoms with Crippen molar-refractivity contribution >= 4 is 5.69 Å². The lowest BCUT2D eigenvalue weighted by Gasteiger charge is -2.40. The van der Waals surface area contributed by atoms with Gasteiger partial charge in [-0.25, -0.2) is 4.79 Å². The fourth-order valence-electron chi connectivity index (χ4n) is 2.36. The Bertz CT molecular complexity index is 729. The van der Waals surface area contributed by atoms with Crippen molar-refractivity contribution in [2.24, 2.45) is 5.92 Å². The number of aliphatic hydroxyl groups is 1. The zero-order valence-electron chi connectivity index (χ0n) is 10.8. The van der Waals surface area contributed by atoms with Crippen LogP contribution in [0.15, 0.2) is 46.1 Å². The minimum atomic E-state index is -0.452. The molecule has 2 heterocycles. The molecule has 1 aromatic carbocycles. The molecule has 20 heavy (non-hydrogen) atoms. The molecule has 0 radical (unpaired) electrons. The van der Waals surface area contributed by atoms with E-state index < -0.39 is 11.2 Å². The number of hydrogen-bond acceptors (Lipinski definition) is 4. The molecule has 6 heteroatoms. The van der Waals surface area contributed by atoms with Crippen LogP contribution < -0.4 is 16.1 Å². The molecule has 1 aromatic heterocycles. The van der Waals surface area contributed by atoms with Crippen molar-refractivity contribution in [3.63, 3.8) is 0 Å². The van der Waals surface area contributed by atoms with Crippen molar-refractivity contribution < 1.29 is 5.11 Å². The predicted molar refractivity (Wildman–Crippen MR) is 75.4 cm³/mol. The van der Waals surface area contributed by atoms with Gasteiger partial charge in [-0.05, 0) is 18.2 Å². The molecule has 1 aliphatic heterocycles. The van der Waals surface area contributed by atoms with E-state index in [4.69, 9.17) is 5.11 Å². The molecular formula is C14H15N3O3. The van der Waals surface area contributed by atoms with E-state index >= 15 is 0 Å². The highest BCUT2D eigenvalue weighted by atomic mass is 16.3. The van der Waals surface area contributed by atoms with E-state index in [-0.39, 0.29) is 6.61 Å². The Kier molecular flexibility index (Phi) is 3.15. The molecular weight excluding hydrogens is 258 g/mol. The van der Waals surface area contributed by atoms with Gasteiger partial charge in [0.2, 0.25) is 0 Å². The van der Waals surface area contributed by atoms with Crippen molar-refractivity contribution in [2.75, 3.05) is 24.6 Å². The number of aromatic nitrogens is 2. The Morgan fingerprint density at radius 2 is 1.95 bits per heavy atom. The Morgan fingerprint density at radius 3 is 2.65 bits per heavy atom. The van der Waals surface area contributed by atoms with Gasteiger partial charge in [0, 0.05) is 43.6 Å². The molecule has 2 N–H and O–H groups in total. The molecule has 0 atom stereocenters.